The number of carbonyl (C=O) groups excluding carboxylic acids is 1. The van der Waals surface area contributed by atoms with Gasteiger partial charge in [0.1, 0.15) is 0 Å². The summed E-state index contributed by atoms with van der Waals surface area (Å²) in [6, 6.07) is 4.20. The lowest BCUT2D eigenvalue weighted by Crippen LogP contribution is -2.22. The highest BCUT2D eigenvalue weighted by atomic mass is 35.5. The number of anilines is 1. The van der Waals surface area contributed by atoms with E-state index in [1.807, 2.05) is 0 Å². The molecule has 0 atom stereocenters. The van der Waals surface area contributed by atoms with E-state index in [1.165, 1.54) is 18.2 Å². The van der Waals surface area contributed by atoms with Crippen LogP contribution in [0.3, 0.4) is 0 Å². The van der Waals surface area contributed by atoms with Crippen molar-refractivity contribution >= 4 is 23.3 Å². The lowest BCUT2D eigenvalue weighted by molar-refractivity contribution is -0.255. The average Bonchev–Trinajstić information content (AvgIpc) is 1.94. The molecule has 3 nitrogen and oxygen atoms in total. The van der Waals surface area contributed by atoms with Gasteiger partial charge in [0.2, 0.25) is 0 Å². The fourth-order valence-corrected chi connectivity index (χ4v) is 0.894. The van der Waals surface area contributed by atoms with E-state index in [0.717, 1.165) is 0 Å². The Morgan fingerprint density at radius 3 is 2.64 bits per heavy atom. The lowest BCUT2D eigenvalue weighted by Gasteiger charge is -2.04. The Hall–Kier alpha value is -1.22. The van der Waals surface area contributed by atoms with Crippen molar-refractivity contribution in [3.05, 3.63) is 28.8 Å². The summed E-state index contributed by atoms with van der Waals surface area (Å²) in [5, 5.41) is 10.5. The van der Waals surface area contributed by atoms with Crippen LogP contribution >= 0.6 is 11.6 Å². The zero-order valence-electron chi connectivity index (χ0n) is 5.50. The van der Waals surface area contributed by atoms with Crippen LogP contribution in [-0.2, 0) is 0 Å². The van der Waals surface area contributed by atoms with Crippen molar-refractivity contribution in [2.75, 3.05) is 5.73 Å². The molecule has 0 saturated heterocycles. The normalized spacial score (nSPS) is 9.55. The highest BCUT2D eigenvalue weighted by molar-refractivity contribution is 6.33. The largest absolute Gasteiger partial charge is 0.545 e. The molecule has 1 aromatic rings. The van der Waals surface area contributed by atoms with E-state index in [4.69, 9.17) is 17.3 Å². The van der Waals surface area contributed by atoms with Crippen LogP contribution in [0.15, 0.2) is 18.2 Å². The summed E-state index contributed by atoms with van der Waals surface area (Å²) in [4.78, 5) is 10.3. The van der Waals surface area contributed by atoms with Gasteiger partial charge in [-0.25, -0.2) is 0 Å². The van der Waals surface area contributed by atoms with E-state index >= 15 is 0 Å². The highest BCUT2D eigenvalue weighted by Crippen LogP contribution is 2.17. The molecule has 1 rings (SSSR count). The summed E-state index contributed by atoms with van der Waals surface area (Å²) in [7, 11) is 0. The van der Waals surface area contributed by atoms with Crippen LogP contribution in [0.5, 0.6) is 0 Å². The molecule has 0 aliphatic heterocycles. The van der Waals surface area contributed by atoms with E-state index in [0.29, 0.717) is 5.69 Å². The van der Waals surface area contributed by atoms with Gasteiger partial charge in [0.15, 0.2) is 0 Å². The Morgan fingerprint density at radius 2 is 2.18 bits per heavy atom. The fraction of sp³-hybridized carbons (Fsp3) is 0. The number of carboxylic acids is 1. The van der Waals surface area contributed by atoms with E-state index in [2.05, 4.69) is 0 Å². The maximum absolute atomic E-state index is 10.3. The van der Waals surface area contributed by atoms with Crippen LogP contribution in [0, 0.1) is 0 Å². The summed E-state index contributed by atoms with van der Waals surface area (Å²) in [5.74, 6) is -1.32. The highest BCUT2D eigenvalue weighted by Gasteiger charge is 1.99. The molecule has 0 aliphatic carbocycles. The first kappa shape index (κ1) is 7.88. The van der Waals surface area contributed by atoms with Crippen LogP contribution < -0.4 is 10.8 Å². The van der Waals surface area contributed by atoms with Crippen molar-refractivity contribution in [1.82, 2.24) is 0 Å². The number of hydrogen-bond donors (Lipinski definition) is 1. The Morgan fingerprint density at radius 1 is 1.55 bits per heavy atom. The van der Waals surface area contributed by atoms with E-state index in [-0.39, 0.29) is 10.6 Å². The summed E-state index contributed by atoms with van der Waals surface area (Å²) in [6.07, 6.45) is 0. The minimum atomic E-state index is -1.32. The fourth-order valence-electron chi connectivity index (χ4n) is 0.699. The minimum absolute atomic E-state index is 0.0772. The first-order valence-electron chi connectivity index (χ1n) is 2.87. The van der Waals surface area contributed by atoms with Crippen LogP contribution in [0.1, 0.15) is 10.4 Å². The SMILES string of the molecule is Nc1ccc(Cl)c(C(=O)[O-])c1. The zero-order chi connectivity index (χ0) is 8.43. The predicted octanol–water partition coefficient (Wildman–Crippen LogP) is 0.286. The zero-order valence-corrected chi connectivity index (χ0v) is 6.26. The number of nitrogens with two attached hydrogens (primary N) is 1. The molecule has 0 heterocycles. The van der Waals surface area contributed by atoms with Gasteiger partial charge in [-0.3, -0.25) is 0 Å². The Kier molecular flexibility index (Phi) is 2.01. The summed E-state index contributed by atoms with van der Waals surface area (Å²) in [5.41, 5.74) is 5.59. The summed E-state index contributed by atoms with van der Waals surface area (Å²) in [6.45, 7) is 0. The molecule has 0 radical (unpaired) electrons. The first-order chi connectivity index (χ1) is 5.11. The first-order valence-corrected chi connectivity index (χ1v) is 3.25. The van der Waals surface area contributed by atoms with Crippen molar-refractivity contribution in [2.24, 2.45) is 0 Å². The van der Waals surface area contributed by atoms with Crippen molar-refractivity contribution in [3.63, 3.8) is 0 Å². The number of rotatable bonds is 1. The molecule has 2 N–H and O–H groups in total. The van der Waals surface area contributed by atoms with Gasteiger partial charge in [-0.1, -0.05) is 11.6 Å². The smallest absolute Gasteiger partial charge is 0.0731 e. The Balaban J connectivity index is 3.23. The molecule has 0 fully saturated rings. The third-order valence-electron chi connectivity index (χ3n) is 1.21. The Bertz CT molecular complexity index is 298. The predicted molar refractivity (Wildman–Crippen MR) is 40.2 cm³/mol. The number of carbonyl (C=O) groups is 1. The summed E-state index contributed by atoms with van der Waals surface area (Å²) >= 11 is 5.51. The van der Waals surface area contributed by atoms with Crippen molar-refractivity contribution in [2.45, 2.75) is 0 Å². The van der Waals surface area contributed by atoms with E-state index in [9.17, 15) is 9.90 Å². The minimum Gasteiger partial charge on any atom is -0.545 e. The molecule has 0 unspecified atom stereocenters. The van der Waals surface area contributed by atoms with Gasteiger partial charge in [-0.15, -0.1) is 0 Å². The monoisotopic (exact) mass is 170 g/mol. The van der Waals surface area contributed by atoms with Gasteiger partial charge in [0.05, 0.1) is 5.97 Å². The molecule has 4 heteroatoms. The molecule has 58 valence electrons. The van der Waals surface area contributed by atoms with Crippen LogP contribution in [0.25, 0.3) is 0 Å². The molecule has 11 heavy (non-hydrogen) atoms. The van der Waals surface area contributed by atoms with Gasteiger partial charge < -0.3 is 15.6 Å². The second-order valence-corrected chi connectivity index (χ2v) is 2.43. The van der Waals surface area contributed by atoms with Gasteiger partial charge in [-0.05, 0) is 18.2 Å². The Labute approximate surface area is 68.4 Å². The molecule has 0 amide bonds. The summed E-state index contributed by atoms with van der Waals surface area (Å²) < 4.78 is 0. The second-order valence-electron chi connectivity index (χ2n) is 2.03. The van der Waals surface area contributed by atoms with Crippen LogP contribution in [0.4, 0.5) is 5.69 Å². The van der Waals surface area contributed by atoms with Crippen molar-refractivity contribution in [3.8, 4) is 0 Å². The second kappa shape index (κ2) is 2.80. The molecule has 0 bridgehead atoms. The number of halogens is 1. The third kappa shape index (κ3) is 1.62. The molecule has 1 aromatic carbocycles. The van der Waals surface area contributed by atoms with Gasteiger partial charge in [0, 0.05) is 16.3 Å². The van der Waals surface area contributed by atoms with Crippen LogP contribution in [0.2, 0.25) is 5.02 Å². The number of hydrogen-bond acceptors (Lipinski definition) is 3. The number of aromatic carboxylic acids is 1. The molecular formula is C7H5ClNO2-. The van der Waals surface area contributed by atoms with E-state index in [1.54, 1.807) is 0 Å². The van der Waals surface area contributed by atoms with Crippen molar-refractivity contribution in [1.29, 1.82) is 0 Å². The molecule has 0 aromatic heterocycles. The van der Waals surface area contributed by atoms with Crippen LogP contribution in [-0.4, -0.2) is 5.97 Å². The number of nitrogen functional groups attached to an aromatic ring is 1. The third-order valence-corrected chi connectivity index (χ3v) is 1.54. The van der Waals surface area contributed by atoms with Crippen molar-refractivity contribution < 1.29 is 9.90 Å². The maximum Gasteiger partial charge on any atom is 0.0731 e. The molecule has 0 saturated carbocycles. The quantitative estimate of drug-likeness (QED) is 0.616. The molecular weight excluding hydrogens is 166 g/mol. The number of carboxylic acid groups (broad SMARTS) is 1. The molecule has 0 aliphatic rings. The van der Waals surface area contributed by atoms with Gasteiger partial charge >= 0.3 is 0 Å². The van der Waals surface area contributed by atoms with Gasteiger partial charge in [0.25, 0.3) is 0 Å². The topological polar surface area (TPSA) is 66.2 Å². The number of benzene rings is 1. The van der Waals surface area contributed by atoms with E-state index < -0.39 is 5.97 Å². The average molecular weight is 171 g/mol. The lowest BCUT2D eigenvalue weighted by atomic mass is 10.2. The van der Waals surface area contributed by atoms with Gasteiger partial charge in [-0.2, -0.15) is 0 Å². The maximum atomic E-state index is 10.3. The molecule has 0 spiro atoms. The standard InChI is InChI=1S/C7H6ClNO2/c8-6-2-1-4(9)3-5(6)7(10)11/h1-3H,9H2,(H,10,11)/p-1.